The van der Waals surface area contributed by atoms with Crippen LogP contribution in [0.5, 0.6) is 5.75 Å². The zero-order valence-electron chi connectivity index (χ0n) is 15.1. The van der Waals surface area contributed by atoms with E-state index < -0.39 is 5.41 Å². The Kier molecular flexibility index (Phi) is 5.86. The summed E-state index contributed by atoms with van der Waals surface area (Å²) in [5.41, 5.74) is -0.175. The number of ether oxygens (including phenoxy) is 1. The van der Waals surface area contributed by atoms with E-state index in [0.717, 1.165) is 37.2 Å². The van der Waals surface area contributed by atoms with Crippen molar-refractivity contribution in [3.05, 3.63) is 29.8 Å². The van der Waals surface area contributed by atoms with E-state index in [9.17, 15) is 9.59 Å². The molecule has 0 bridgehead atoms. The number of carbonyl (C=O) groups is 2. The summed E-state index contributed by atoms with van der Waals surface area (Å²) in [5, 5.41) is 2.88. The van der Waals surface area contributed by atoms with Gasteiger partial charge < -0.3 is 15.0 Å². The molecule has 0 saturated carbocycles. The molecule has 5 nitrogen and oxygen atoms in total. The lowest BCUT2D eigenvalue weighted by Crippen LogP contribution is -2.51. The average Bonchev–Trinajstić information content (AvgIpc) is 2.59. The molecule has 0 spiro atoms. The van der Waals surface area contributed by atoms with Gasteiger partial charge in [0.15, 0.2) is 0 Å². The molecule has 1 aliphatic rings. The van der Waals surface area contributed by atoms with Crippen LogP contribution in [0.15, 0.2) is 24.3 Å². The van der Waals surface area contributed by atoms with Crippen LogP contribution in [0.25, 0.3) is 0 Å². The number of hydrogen-bond acceptors (Lipinski definition) is 3. The first-order valence-corrected chi connectivity index (χ1v) is 8.55. The average molecular weight is 332 g/mol. The van der Waals surface area contributed by atoms with Crippen molar-refractivity contribution in [3.8, 4) is 5.75 Å². The van der Waals surface area contributed by atoms with Gasteiger partial charge in [-0.2, -0.15) is 0 Å². The SMILES string of the molecule is COc1ccccc1CNC(=O)C(C)(C)C(=O)N1CCC(C)CC1. The molecule has 0 atom stereocenters. The number of carbonyl (C=O) groups excluding carboxylic acids is 2. The van der Waals surface area contributed by atoms with Crippen LogP contribution in [-0.2, 0) is 16.1 Å². The van der Waals surface area contributed by atoms with Crippen molar-refractivity contribution in [2.24, 2.45) is 11.3 Å². The molecular formula is C19H28N2O3. The van der Waals surface area contributed by atoms with Crippen LogP contribution >= 0.6 is 0 Å². The van der Waals surface area contributed by atoms with Crippen molar-refractivity contribution in [2.75, 3.05) is 20.2 Å². The Morgan fingerprint density at radius 2 is 1.88 bits per heavy atom. The normalized spacial score (nSPS) is 15.9. The van der Waals surface area contributed by atoms with E-state index in [2.05, 4.69) is 12.2 Å². The molecule has 1 N–H and O–H groups in total. The van der Waals surface area contributed by atoms with Crippen LogP contribution in [-0.4, -0.2) is 36.9 Å². The highest BCUT2D eigenvalue weighted by molar-refractivity contribution is 6.04. The summed E-state index contributed by atoms with van der Waals surface area (Å²) >= 11 is 0. The van der Waals surface area contributed by atoms with Crippen molar-refractivity contribution in [1.82, 2.24) is 10.2 Å². The topological polar surface area (TPSA) is 58.6 Å². The summed E-state index contributed by atoms with van der Waals surface area (Å²) in [7, 11) is 1.60. The van der Waals surface area contributed by atoms with E-state index in [1.165, 1.54) is 0 Å². The summed E-state index contributed by atoms with van der Waals surface area (Å²) in [6.45, 7) is 7.42. The minimum atomic E-state index is -1.07. The molecule has 1 fully saturated rings. The van der Waals surface area contributed by atoms with E-state index in [-0.39, 0.29) is 11.8 Å². The first kappa shape index (κ1) is 18.3. The van der Waals surface area contributed by atoms with Crippen molar-refractivity contribution >= 4 is 11.8 Å². The molecule has 5 heteroatoms. The van der Waals surface area contributed by atoms with Gasteiger partial charge in [0.25, 0.3) is 0 Å². The van der Waals surface area contributed by atoms with E-state index in [0.29, 0.717) is 12.5 Å². The third-order valence-corrected chi connectivity index (χ3v) is 4.81. The van der Waals surface area contributed by atoms with Gasteiger partial charge in [-0.15, -0.1) is 0 Å². The fourth-order valence-corrected chi connectivity index (χ4v) is 2.95. The van der Waals surface area contributed by atoms with Crippen LogP contribution in [0.2, 0.25) is 0 Å². The van der Waals surface area contributed by atoms with Crippen molar-refractivity contribution < 1.29 is 14.3 Å². The summed E-state index contributed by atoms with van der Waals surface area (Å²) in [6.07, 6.45) is 2.01. The minimum absolute atomic E-state index is 0.0908. The molecule has 0 unspecified atom stereocenters. The van der Waals surface area contributed by atoms with Gasteiger partial charge in [0, 0.05) is 25.2 Å². The third-order valence-electron chi connectivity index (χ3n) is 4.81. The van der Waals surface area contributed by atoms with Gasteiger partial charge in [-0.25, -0.2) is 0 Å². The molecule has 0 aromatic heterocycles. The molecular weight excluding hydrogens is 304 g/mol. The van der Waals surface area contributed by atoms with Gasteiger partial charge in [-0.1, -0.05) is 25.1 Å². The number of nitrogens with zero attached hydrogens (tertiary/aromatic N) is 1. The smallest absolute Gasteiger partial charge is 0.237 e. The Morgan fingerprint density at radius 3 is 2.50 bits per heavy atom. The van der Waals surface area contributed by atoms with E-state index in [1.54, 1.807) is 21.0 Å². The van der Waals surface area contributed by atoms with Crippen LogP contribution < -0.4 is 10.1 Å². The maximum atomic E-state index is 12.7. The zero-order valence-corrected chi connectivity index (χ0v) is 15.1. The second kappa shape index (κ2) is 7.69. The summed E-state index contributed by atoms with van der Waals surface area (Å²) in [4.78, 5) is 27.2. The van der Waals surface area contributed by atoms with E-state index >= 15 is 0 Å². The lowest BCUT2D eigenvalue weighted by molar-refractivity contribution is -0.149. The molecule has 1 aromatic rings. The largest absolute Gasteiger partial charge is 0.496 e. The van der Waals surface area contributed by atoms with Gasteiger partial charge >= 0.3 is 0 Å². The number of benzene rings is 1. The number of rotatable bonds is 5. The predicted octanol–water partition coefficient (Wildman–Crippen LogP) is 2.60. The quantitative estimate of drug-likeness (QED) is 0.843. The van der Waals surface area contributed by atoms with E-state index in [1.807, 2.05) is 29.2 Å². The molecule has 1 saturated heterocycles. The Morgan fingerprint density at radius 1 is 1.25 bits per heavy atom. The number of amides is 2. The lowest BCUT2D eigenvalue weighted by atomic mass is 9.88. The van der Waals surface area contributed by atoms with Crippen LogP contribution in [0.3, 0.4) is 0 Å². The number of piperidine rings is 1. The fraction of sp³-hybridized carbons (Fsp3) is 0.579. The summed E-state index contributed by atoms with van der Waals surface area (Å²) in [5.74, 6) is 1.03. The van der Waals surface area contributed by atoms with Crippen LogP contribution in [0.4, 0.5) is 0 Å². The molecule has 1 aromatic carbocycles. The fourth-order valence-electron chi connectivity index (χ4n) is 2.95. The number of nitrogens with one attached hydrogen (secondary N) is 1. The van der Waals surface area contributed by atoms with Gasteiger partial charge in [-0.05, 0) is 38.7 Å². The van der Waals surface area contributed by atoms with E-state index in [4.69, 9.17) is 4.74 Å². The maximum absolute atomic E-state index is 12.7. The second-order valence-corrected chi connectivity index (χ2v) is 7.09. The highest BCUT2D eigenvalue weighted by atomic mass is 16.5. The molecule has 24 heavy (non-hydrogen) atoms. The van der Waals surface area contributed by atoms with Crippen molar-refractivity contribution in [3.63, 3.8) is 0 Å². The number of para-hydroxylation sites is 1. The standard InChI is InChI=1S/C19H28N2O3/c1-14-9-11-21(12-10-14)18(23)19(2,3)17(22)20-13-15-7-5-6-8-16(15)24-4/h5-8,14H,9-13H2,1-4H3,(H,20,22). The lowest BCUT2D eigenvalue weighted by Gasteiger charge is -2.35. The summed E-state index contributed by atoms with van der Waals surface area (Å²) in [6, 6.07) is 7.54. The molecule has 1 heterocycles. The summed E-state index contributed by atoms with van der Waals surface area (Å²) < 4.78 is 5.29. The molecule has 0 aliphatic carbocycles. The van der Waals surface area contributed by atoms with Crippen LogP contribution in [0, 0.1) is 11.3 Å². The van der Waals surface area contributed by atoms with Crippen molar-refractivity contribution in [1.29, 1.82) is 0 Å². The second-order valence-electron chi connectivity index (χ2n) is 7.09. The van der Waals surface area contributed by atoms with Gasteiger partial charge in [0.1, 0.15) is 11.2 Å². The molecule has 2 amide bonds. The zero-order chi connectivity index (χ0) is 17.7. The van der Waals surface area contributed by atoms with Crippen molar-refractivity contribution in [2.45, 2.75) is 40.2 Å². The monoisotopic (exact) mass is 332 g/mol. The Hall–Kier alpha value is -2.04. The minimum Gasteiger partial charge on any atom is -0.496 e. The van der Waals surface area contributed by atoms with Crippen LogP contribution in [0.1, 0.15) is 39.2 Å². The van der Waals surface area contributed by atoms with Gasteiger partial charge in [0.2, 0.25) is 11.8 Å². The highest BCUT2D eigenvalue weighted by Gasteiger charge is 2.39. The van der Waals surface area contributed by atoms with Gasteiger partial charge in [0.05, 0.1) is 7.11 Å². The first-order chi connectivity index (χ1) is 11.4. The Bertz CT molecular complexity index is 590. The molecule has 0 radical (unpaired) electrons. The number of hydrogen-bond donors (Lipinski definition) is 1. The third kappa shape index (κ3) is 4.08. The highest BCUT2D eigenvalue weighted by Crippen LogP contribution is 2.25. The molecule has 132 valence electrons. The predicted molar refractivity (Wildman–Crippen MR) is 93.6 cm³/mol. The molecule has 1 aliphatic heterocycles. The molecule has 2 rings (SSSR count). The van der Waals surface area contributed by atoms with Gasteiger partial charge in [-0.3, -0.25) is 9.59 Å². The number of likely N-dealkylation sites (tertiary alicyclic amines) is 1. The Labute approximate surface area is 144 Å². The number of methoxy groups -OCH3 is 1. The maximum Gasteiger partial charge on any atom is 0.237 e. The first-order valence-electron chi connectivity index (χ1n) is 8.55. The Balaban J connectivity index is 1.98.